The number of nitrogens with zero attached hydrogens (tertiary/aromatic N) is 1. The average Bonchev–Trinajstić information content (AvgIpc) is 2.78. The number of aromatic nitrogens is 1. The van der Waals surface area contributed by atoms with E-state index in [1.54, 1.807) is 6.07 Å². The van der Waals surface area contributed by atoms with Gasteiger partial charge in [0, 0.05) is 23.1 Å². The zero-order valence-electron chi connectivity index (χ0n) is 14.3. The maximum absolute atomic E-state index is 10.9. The molecule has 0 spiro atoms. The van der Waals surface area contributed by atoms with Gasteiger partial charge in [0.25, 0.3) is 0 Å². The maximum Gasteiger partial charge on any atom is 0.192 e. The maximum atomic E-state index is 10.9. The van der Waals surface area contributed by atoms with Crippen LogP contribution in [0, 0.1) is 0 Å². The van der Waals surface area contributed by atoms with E-state index in [0.29, 0.717) is 18.0 Å². The summed E-state index contributed by atoms with van der Waals surface area (Å²) in [7, 11) is -1.78. The molecule has 6 heteroatoms. The summed E-state index contributed by atoms with van der Waals surface area (Å²) in [5.41, 5.74) is -0.773. The van der Waals surface area contributed by atoms with Crippen molar-refractivity contribution in [3.8, 4) is 0 Å². The van der Waals surface area contributed by atoms with Gasteiger partial charge in [0.2, 0.25) is 0 Å². The number of hydrogen-bond acceptors (Lipinski definition) is 4. The van der Waals surface area contributed by atoms with Crippen LogP contribution in [-0.4, -0.2) is 24.5 Å². The van der Waals surface area contributed by atoms with Gasteiger partial charge in [0.1, 0.15) is 15.6 Å². The fourth-order valence-corrected chi connectivity index (χ4v) is 5.39. The number of rotatable bonds is 3. The van der Waals surface area contributed by atoms with Crippen molar-refractivity contribution in [1.82, 2.24) is 4.98 Å². The molecular formula is C17H24ClNO2SSi. The van der Waals surface area contributed by atoms with E-state index in [1.165, 1.54) is 11.3 Å². The van der Waals surface area contributed by atoms with Crippen LogP contribution in [0.25, 0.3) is 10.2 Å². The molecule has 0 saturated heterocycles. The lowest BCUT2D eigenvalue weighted by Crippen LogP contribution is -2.52. The van der Waals surface area contributed by atoms with Crippen molar-refractivity contribution < 1.29 is 9.53 Å². The largest absolute Gasteiger partial charge is 0.414 e. The first-order valence-corrected chi connectivity index (χ1v) is 12.1. The third kappa shape index (κ3) is 3.22. The molecule has 0 amide bonds. The highest BCUT2D eigenvalue weighted by molar-refractivity contribution is 7.18. The first kappa shape index (κ1) is 17.4. The van der Waals surface area contributed by atoms with Crippen molar-refractivity contribution in [2.45, 2.75) is 63.5 Å². The molecule has 2 aromatic heterocycles. The van der Waals surface area contributed by atoms with E-state index in [0.717, 1.165) is 15.1 Å². The molecule has 0 atom stereocenters. The van der Waals surface area contributed by atoms with Gasteiger partial charge in [-0.25, -0.2) is 4.98 Å². The third-order valence-corrected chi connectivity index (χ3v) is 11.2. The Morgan fingerprint density at radius 3 is 2.61 bits per heavy atom. The summed E-state index contributed by atoms with van der Waals surface area (Å²) in [5, 5.41) is 12.6. The zero-order valence-corrected chi connectivity index (χ0v) is 16.9. The van der Waals surface area contributed by atoms with Gasteiger partial charge >= 0.3 is 0 Å². The normalized spacial score (nSPS) is 25.6. The number of hydrogen-bond donors (Lipinski definition) is 1. The first-order chi connectivity index (χ1) is 10.5. The Balaban J connectivity index is 1.73. The van der Waals surface area contributed by atoms with Crippen molar-refractivity contribution in [2.24, 2.45) is 0 Å². The van der Waals surface area contributed by atoms with Crippen LogP contribution in [0.15, 0.2) is 18.2 Å². The number of halogens is 1. The van der Waals surface area contributed by atoms with Gasteiger partial charge in [-0.2, -0.15) is 0 Å². The molecule has 1 fully saturated rings. The minimum atomic E-state index is -1.78. The Morgan fingerprint density at radius 1 is 1.35 bits per heavy atom. The Labute approximate surface area is 147 Å². The molecule has 0 aliphatic heterocycles. The Morgan fingerprint density at radius 2 is 2.00 bits per heavy atom. The Hall–Kier alpha value is -0.463. The van der Waals surface area contributed by atoms with E-state index in [2.05, 4.69) is 38.8 Å². The quantitative estimate of drug-likeness (QED) is 0.588. The van der Waals surface area contributed by atoms with Gasteiger partial charge in [-0.05, 0) is 36.3 Å². The lowest BCUT2D eigenvalue weighted by molar-refractivity contribution is -0.111. The molecule has 3 nitrogen and oxygen atoms in total. The van der Waals surface area contributed by atoms with E-state index < -0.39 is 13.9 Å². The number of fused-ring (bicyclic) bond motifs is 1. The number of pyridine rings is 1. The summed E-state index contributed by atoms with van der Waals surface area (Å²) < 4.78 is 6.40. The van der Waals surface area contributed by atoms with E-state index >= 15 is 0 Å². The van der Waals surface area contributed by atoms with Crippen LogP contribution >= 0.6 is 22.9 Å². The fraction of sp³-hybridized carbons (Fsp3) is 0.588. The second kappa shape index (κ2) is 5.53. The molecular weight excluding hydrogens is 346 g/mol. The molecule has 1 aliphatic carbocycles. The van der Waals surface area contributed by atoms with Crippen molar-refractivity contribution in [3.63, 3.8) is 0 Å². The van der Waals surface area contributed by atoms with Gasteiger partial charge in [-0.3, -0.25) is 0 Å². The average molecular weight is 370 g/mol. The van der Waals surface area contributed by atoms with Crippen LogP contribution < -0.4 is 0 Å². The molecule has 0 radical (unpaired) electrons. The van der Waals surface area contributed by atoms with Crippen molar-refractivity contribution >= 4 is 41.5 Å². The van der Waals surface area contributed by atoms with Crippen molar-refractivity contribution in [3.05, 3.63) is 28.2 Å². The van der Waals surface area contributed by atoms with Gasteiger partial charge in [-0.1, -0.05) is 32.4 Å². The third-order valence-electron chi connectivity index (χ3n) is 5.21. The molecule has 1 saturated carbocycles. The topological polar surface area (TPSA) is 42.4 Å². The smallest absolute Gasteiger partial charge is 0.192 e. The summed E-state index contributed by atoms with van der Waals surface area (Å²) in [6.07, 6.45) is 1.49. The molecule has 0 aromatic carbocycles. The van der Waals surface area contributed by atoms with Gasteiger partial charge in [0.05, 0.1) is 6.10 Å². The van der Waals surface area contributed by atoms with Crippen LogP contribution in [0.4, 0.5) is 0 Å². The van der Waals surface area contributed by atoms with Crippen LogP contribution in [-0.2, 0) is 10.0 Å². The second-order valence-electron chi connectivity index (χ2n) is 8.08. The molecule has 23 heavy (non-hydrogen) atoms. The molecule has 0 bridgehead atoms. The van der Waals surface area contributed by atoms with Crippen LogP contribution in [0.2, 0.25) is 23.3 Å². The van der Waals surface area contributed by atoms with Crippen LogP contribution in [0.1, 0.15) is 38.5 Å². The lowest BCUT2D eigenvalue weighted by Gasteiger charge is -2.48. The summed E-state index contributed by atoms with van der Waals surface area (Å²) in [6, 6.07) is 5.77. The molecule has 3 rings (SSSR count). The Kier molecular flexibility index (Phi) is 4.17. The first-order valence-electron chi connectivity index (χ1n) is 7.97. The molecule has 0 unspecified atom stereocenters. The lowest BCUT2D eigenvalue weighted by atomic mass is 9.76. The highest BCUT2D eigenvalue weighted by Crippen LogP contribution is 2.49. The molecule has 2 heterocycles. The summed E-state index contributed by atoms with van der Waals surface area (Å²) in [5.74, 6) is 0. The Bertz CT molecular complexity index is 732. The van der Waals surface area contributed by atoms with Crippen LogP contribution in [0.3, 0.4) is 0 Å². The summed E-state index contributed by atoms with van der Waals surface area (Å²) >= 11 is 7.48. The molecule has 1 aliphatic rings. The minimum Gasteiger partial charge on any atom is -0.414 e. The second-order valence-corrected chi connectivity index (χ2v) is 14.3. The standard InChI is InChI=1S/C17H24ClNO2SSi/c1-16(2,3)23(4,5)21-12-9-17(20,10-12)13-8-11-6-7-14(18)19-15(11)22-13/h6-8,12,20H,9-10H2,1-5H3. The van der Waals surface area contributed by atoms with E-state index in [1.807, 2.05) is 12.1 Å². The van der Waals surface area contributed by atoms with Crippen molar-refractivity contribution in [1.29, 1.82) is 0 Å². The van der Waals surface area contributed by atoms with Gasteiger partial charge in [0.15, 0.2) is 8.32 Å². The molecule has 1 N–H and O–H groups in total. The summed E-state index contributed by atoms with van der Waals surface area (Å²) in [6.45, 7) is 11.2. The fourth-order valence-electron chi connectivity index (χ4n) is 2.70. The predicted octanol–water partition coefficient (Wildman–Crippen LogP) is 5.32. The number of thiophene rings is 1. The van der Waals surface area contributed by atoms with E-state index in [-0.39, 0.29) is 11.1 Å². The van der Waals surface area contributed by atoms with E-state index in [4.69, 9.17) is 16.0 Å². The van der Waals surface area contributed by atoms with Gasteiger partial charge < -0.3 is 9.53 Å². The highest BCUT2D eigenvalue weighted by Gasteiger charge is 2.49. The molecule has 2 aromatic rings. The predicted molar refractivity (Wildman–Crippen MR) is 99.8 cm³/mol. The van der Waals surface area contributed by atoms with Gasteiger partial charge in [-0.15, -0.1) is 11.3 Å². The zero-order chi connectivity index (χ0) is 17.0. The van der Waals surface area contributed by atoms with Crippen molar-refractivity contribution in [2.75, 3.05) is 0 Å². The SMILES string of the molecule is CC(C)(C)[Si](C)(C)OC1CC(O)(c2cc3ccc(Cl)nc3s2)C1. The van der Waals surface area contributed by atoms with E-state index in [9.17, 15) is 5.11 Å². The number of aliphatic hydroxyl groups is 1. The monoisotopic (exact) mass is 369 g/mol. The minimum absolute atomic E-state index is 0.155. The summed E-state index contributed by atoms with van der Waals surface area (Å²) in [4.78, 5) is 6.18. The highest BCUT2D eigenvalue weighted by atomic mass is 35.5. The molecule has 126 valence electrons. The van der Waals surface area contributed by atoms with Crippen LogP contribution in [0.5, 0.6) is 0 Å².